The molecule has 4 aromatic rings. The summed E-state index contributed by atoms with van der Waals surface area (Å²) in [6.45, 7) is 5.60. The highest BCUT2D eigenvalue weighted by molar-refractivity contribution is 5.94. The number of aryl methyl sites for hydroxylation is 2. The molecular weight excluding hydrogens is 362 g/mol. The van der Waals surface area contributed by atoms with Gasteiger partial charge in [-0.3, -0.25) is 9.78 Å². The monoisotopic (exact) mass is 385 g/mol. The van der Waals surface area contributed by atoms with Crippen LogP contribution < -0.4 is 10.6 Å². The van der Waals surface area contributed by atoms with Crippen molar-refractivity contribution in [2.24, 2.45) is 0 Å². The predicted molar refractivity (Wildman–Crippen MR) is 116 cm³/mol. The van der Waals surface area contributed by atoms with Crippen LogP contribution in [0, 0.1) is 13.8 Å². The van der Waals surface area contributed by atoms with Crippen LogP contribution in [0.3, 0.4) is 0 Å². The fourth-order valence-electron chi connectivity index (χ4n) is 3.60. The number of H-pyrrole nitrogens is 1. The van der Waals surface area contributed by atoms with Gasteiger partial charge in [0.2, 0.25) is 5.91 Å². The zero-order valence-electron chi connectivity index (χ0n) is 16.7. The first kappa shape index (κ1) is 18.7. The van der Waals surface area contributed by atoms with Gasteiger partial charge in [0, 0.05) is 47.2 Å². The first-order valence-electron chi connectivity index (χ1n) is 9.51. The minimum Gasteiger partial charge on any atom is -0.358 e. The summed E-state index contributed by atoms with van der Waals surface area (Å²) in [6, 6.07) is 15.6. The van der Waals surface area contributed by atoms with Crippen LogP contribution in [0.25, 0.3) is 10.9 Å². The van der Waals surface area contributed by atoms with Crippen molar-refractivity contribution in [2.75, 3.05) is 10.6 Å². The number of rotatable bonds is 5. The van der Waals surface area contributed by atoms with E-state index in [1.165, 1.54) is 6.92 Å². The number of aromatic amines is 1. The van der Waals surface area contributed by atoms with E-state index in [0.717, 1.165) is 44.9 Å². The first-order chi connectivity index (χ1) is 14.0. The maximum Gasteiger partial charge on any atom is 0.221 e. The molecule has 6 nitrogen and oxygen atoms in total. The van der Waals surface area contributed by atoms with Crippen molar-refractivity contribution in [3.63, 3.8) is 0 Å². The molecule has 0 spiro atoms. The van der Waals surface area contributed by atoms with Gasteiger partial charge in [-0.1, -0.05) is 6.07 Å². The van der Waals surface area contributed by atoms with Crippen molar-refractivity contribution in [1.82, 2.24) is 15.0 Å². The summed E-state index contributed by atoms with van der Waals surface area (Å²) in [5, 5.41) is 7.45. The van der Waals surface area contributed by atoms with E-state index >= 15 is 0 Å². The molecule has 0 aliphatic carbocycles. The van der Waals surface area contributed by atoms with Gasteiger partial charge in [0.05, 0.1) is 11.7 Å². The average molecular weight is 385 g/mol. The molecule has 1 aromatic carbocycles. The number of anilines is 2. The van der Waals surface area contributed by atoms with E-state index in [1.54, 1.807) is 12.4 Å². The Bertz CT molecular complexity index is 1170. The Morgan fingerprint density at radius 3 is 2.62 bits per heavy atom. The van der Waals surface area contributed by atoms with E-state index in [-0.39, 0.29) is 11.9 Å². The minimum absolute atomic E-state index is 0.0958. The normalized spacial score (nSPS) is 12.0. The summed E-state index contributed by atoms with van der Waals surface area (Å²) in [6.07, 6.45) is 3.59. The molecule has 0 bridgehead atoms. The van der Waals surface area contributed by atoms with Crippen molar-refractivity contribution in [3.8, 4) is 0 Å². The Balaban J connectivity index is 1.86. The molecule has 6 heteroatoms. The van der Waals surface area contributed by atoms with Gasteiger partial charge in [-0.2, -0.15) is 0 Å². The van der Waals surface area contributed by atoms with Gasteiger partial charge in [-0.15, -0.1) is 0 Å². The second-order valence-corrected chi connectivity index (χ2v) is 7.16. The van der Waals surface area contributed by atoms with Crippen molar-refractivity contribution in [1.29, 1.82) is 0 Å². The Morgan fingerprint density at radius 2 is 1.90 bits per heavy atom. The smallest absolute Gasteiger partial charge is 0.221 e. The van der Waals surface area contributed by atoms with Gasteiger partial charge in [0.15, 0.2) is 0 Å². The number of nitrogens with zero attached hydrogens (tertiary/aromatic N) is 2. The molecule has 1 atom stereocenters. The molecule has 0 aliphatic heterocycles. The van der Waals surface area contributed by atoms with E-state index in [0.29, 0.717) is 0 Å². The maximum absolute atomic E-state index is 11.5. The highest BCUT2D eigenvalue weighted by Crippen LogP contribution is 2.34. The topological polar surface area (TPSA) is 82.7 Å². The number of aromatic nitrogens is 3. The number of hydrogen-bond donors (Lipinski definition) is 3. The summed E-state index contributed by atoms with van der Waals surface area (Å²) in [5.41, 5.74) is 5.91. The summed E-state index contributed by atoms with van der Waals surface area (Å²) in [4.78, 5) is 24.0. The molecule has 1 unspecified atom stereocenters. The van der Waals surface area contributed by atoms with Crippen molar-refractivity contribution in [3.05, 3.63) is 83.4 Å². The van der Waals surface area contributed by atoms with Crippen LogP contribution in [0.5, 0.6) is 0 Å². The van der Waals surface area contributed by atoms with E-state index < -0.39 is 0 Å². The van der Waals surface area contributed by atoms with Crippen LogP contribution in [0.15, 0.2) is 60.9 Å². The summed E-state index contributed by atoms with van der Waals surface area (Å²) < 4.78 is 0. The summed E-state index contributed by atoms with van der Waals surface area (Å²) in [5.74, 6) is 0.689. The molecule has 3 heterocycles. The lowest BCUT2D eigenvalue weighted by Crippen LogP contribution is -2.15. The molecule has 0 radical (unpaired) electrons. The van der Waals surface area contributed by atoms with Crippen molar-refractivity contribution < 1.29 is 4.79 Å². The van der Waals surface area contributed by atoms with Gasteiger partial charge >= 0.3 is 0 Å². The van der Waals surface area contributed by atoms with Gasteiger partial charge in [0.25, 0.3) is 0 Å². The molecule has 3 N–H and O–H groups in total. The number of benzene rings is 1. The van der Waals surface area contributed by atoms with Crippen LogP contribution in [-0.4, -0.2) is 20.9 Å². The van der Waals surface area contributed by atoms with E-state index in [9.17, 15) is 4.79 Å². The standard InChI is InChI=1S/C23H23N5O/c1-14-9-11-25-21(12-14)28-23(20-6-4-5-10-24-20)22-15(2)26-19-8-7-17(13-18(19)22)27-16(3)29/h4-13,23,26H,1-3H3,(H,25,28)(H,27,29). The third-order valence-electron chi connectivity index (χ3n) is 4.84. The van der Waals surface area contributed by atoms with Gasteiger partial charge in [-0.05, 0) is 61.9 Å². The molecule has 0 aliphatic rings. The van der Waals surface area contributed by atoms with Crippen LogP contribution in [0.4, 0.5) is 11.5 Å². The third kappa shape index (κ3) is 3.96. The fraction of sp³-hybridized carbons (Fsp3) is 0.174. The number of nitrogens with one attached hydrogen (secondary N) is 3. The Morgan fingerprint density at radius 1 is 1.03 bits per heavy atom. The summed E-state index contributed by atoms with van der Waals surface area (Å²) >= 11 is 0. The van der Waals surface area contributed by atoms with E-state index in [1.807, 2.05) is 55.5 Å². The second-order valence-electron chi connectivity index (χ2n) is 7.16. The quantitative estimate of drug-likeness (QED) is 0.464. The molecule has 3 aromatic heterocycles. The van der Waals surface area contributed by atoms with E-state index in [4.69, 9.17) is 0 Å². The third-order valence-corrected chi connectivity index (χ3v) is 4.84. The highest BCUT2D eigenvalue weighted by Gasteiger charge is 2.22. The molecule has 0 saturated carbocycles. The average Bonchev–Trinajstić information content (AvgIpc) is 3.01. The molecule has 4 rings (SSSR count). The predicted octanol–water partition coefficient (Wildman–Crippen LogP) is 4.73. The number of fused-ring (bicyclic) bond motifs is 1. The highest BCUT2D eigenvalue weighted by atomic mass is 16.1. The molecule has 29 heavy (non-hydrogen) atoms. The first-order valence-corrected chi connectivity index (χ1v) is 9.51. The molecule has 146 valence electrons. The Labute approximate surface area is 169 Å². The lowest BCUT2D eigenvalue weighted by molar-refractivity contribution is -0.114. The van der Waals surface area contributed by atoms with Crippen LogP contribution >= 0.6 is 0 Å². The molecule has 0 fully saturated rings. The number of amides is 1. The van der Waals surface area contributed by atoms with Crippen LogP contribution in [-0.2, 0) is 4.79 Å². The van der Waals surface area contributed by atoms with Gasteiger partial charge in [-0.25, -0.2) is 4.98 Å². The number of carbonyl (C=O) groups excluding carboxylic acids is 1. The van der Waals surface area contributed by atoms with Crippen molar-refractivity contribution >= 4 is 28.3 Å². The zero-order valence-corrected chi connectivity index (χ0v) is 16.7. The molecule has 0 saturated heterocycles. The fourth-order valence-corrected chi connectivity index (χ4v) is 3.60. The minimum atomic E-state index is -0.202. The zero-order chi connectivity index (χ0) is 20.4. The maximum atomic E-state index is 11.5. The van der Waals surface area contributed by atoms with Crippen molar-refractivity contribution in [2.45, 2.75) is 26.8 Å². The lowest BCUT2D eigenvalue weighted by atomic mass is 9.99. The lowest BCUT2D eigenvalue weighted by Gasteiger charge is -2.20. The largest absolute Gasteiger partial charge is 0.358 e. The molecular formula is C23H23N5O. The van der Waals surface area contributed by atoms with Gasteiger partial charge < -0.3 is 15.6 Å². The van der Waals surface area contributed by atoms with E-state index in [2.05, 4.69) is 32.5 Å². The Kier molecular flexibility index (Phi) is 4.99. The SMILES string of the molecule is CC(=O)Nc1ccc2[nH]c(C)c(C(Nc3cc(C)ccn3)c3ccccn3)c2c1. The second kappa shape index (κ2) is 7.75. The number of pyridine rings is 2. The number of carbonyl (C=O) groups is 1. The van der Waals surface area contributed by atoms with Gasteiger partial charge in [0.1, 0.15) is 5.82 Å². The number of hydrogen-bond acceptors (Lipinski definition) is 4. The summed E-state index contributed by atoms with van der Waals surface area (Å²) in [7, 11) is 0. The Hall–Kier alpha value is -3.67. The van der Waals surface area contributed by atoms with Crippen LogP contribution in [0.1, 0.15) is 35.5 Å². The van der Waals surface area contributed by atoms with Crippen LogP contribution in [0.2, 0.25) is 0 Å². The molecule has 1 amide bonds.